The van der Waals surface area contributed by atoms with Crippen molar-refractivity contribution in [2.24, 2.45) is 10.7 Å². The van der Waals surface area contributed by atoms with E-state index in [0.29, 0.717) is 41.9 Å². The molecule has 0 heterocycles. The van der Waals surface area contributed by atoms with Gasteiger partial charge in [-0.25, -0.2) is 0 Å². The minimum absolute atomic E-state index is 0.158. The molecule has 168 valence electrons. The van der Waals surface area contributed by atoms with Crippen LogP contribution in [0.1, 0.15) is 19.4 Å². The summed E-state index contributed by atoms with van der Waals surface area (Å²) in [6, 6.07) is 15.0. The Hall–Kier alpha value is -2.54. The summed E-state index contributed by atoms with van der Waals surface area (Å²) < 4.78 is 11.0. The van der Waals surface area contributed by atoms with Gasteiger partial charge >= 0.3 is 0 Å². The molecule has 0 saturated carbocycles. The number of aliphatic hydroxyl groups excluding tert-OH is 1. The Morgan fingerprint density at radius 1 is 1.13 bits per heavy atom. The molecule has 2 rings (SSSR count). The highest BCUT2D eigenvalue weighted by atomic mass is 35.5. The summed E-state index contributed by atoms with van der Waals surface area (Å²) in [6.45, 7) is 5.43. The quantitative estimate of drug-likeness (QED) is 0.512. The molecule has 0 saturated heterocycles. The summed E-state index contributed by atoms with van der Waals surface area (Å²) in [5.74, 6) is 1.24. The average molecular weight is 446 g/mol. The van der Waals surface area contributed by atoms with Crippen molar-refractivity contribution in [3.8, 4) is 11.5 Å². The number of nitrogens with zero attached hydrogens (tertiary/aromatic N) is 2. The minimum Gasteiger partial charge on any atom is -0.493 e. The number of allylic oxidation sites excluding steroid dienone is 1. The zero-order valence-electron chi connectivity index (χ0n) is 18.6. The van der Waals surface area contributed by atoms with Crippen molar-refractivity contribution in [1.82, 2.24) is 4.90 Å². The second-order valence-electron chi connectivity index (χ2n) is 7.47. The molecule has 7 heteroatoms. The van der Waals surface area contributed by atoms with Crippen LogP contribution in [-0.2, 0) is 6.54 Å². The fourth-order valence-electron chi connectivity index (χ4n) is 3.12. The summed E-state index contributed by atoms with van der Waals surface area (Å²) in [7, 11) is 3.52. The first-order chi connectivity index (χ1) is 14.8. The molecule has 6 nitrogen and oxygen atoms in total. The number of ether oxygens (including phenoxy) is 2. The van der Waals surface area contributed by atoms with Crippen LogP contribution in [0.2, 0.25) is 5.02 Å². The van der Waals surface area contributed by atoms with Crippen LogP contribution in [-0.4, -0.2) is 55.7 Å². The zero-order valence-corrected chi connectivity index (χ0v) is 19.4. The van der Waals surface area contributed by atoms with Crippen molar-refractivity contribution in [3.05, 3.63) is 70.4 Å². The van der Waals surface area contributed by atoms with Crippen LogP contribution >= 0.6 is 11.6 Å². The van der Waals surface area contributed by atoms with Gasteiger partial charge in [0, 0.05) is 35.1 Å². The van der Waals surface area contributed by atoms with Gasteiger partial charge in [-0.05, 0) is 44.7 Å². The second-order valence-corrected chi connectivity index (χ2v) is 7.87. The number of aliphatic hydroxyl groups is 1. The smallest absolute Gasteiger partial charge is 0.161 e. The number of benzene rings is 2. The topological polar surface area (TPSA) is 80.3 Å². The van der Waals surface area contributed by atoms with Crippen LogP contribution in [0.5, 0.6) is 11.5 Å². The highest BCUT2D eigenvalue weighted by molar-refractivity contribution is 6.31. The molecule has 0 aromatic heterocycles. The molecule has 0 aliphatic rings. The van der Waals surface area contributed by atoms with E-state index in [0.717, 1.165) is 16.8 Å². The van der Waals surface area contributed by atoms with E-state index < -0.39 is 6.10 Å². The van der Waals surface area contributed by atoms with Gasteiger partial charge in [0.2, 0.25) is 0 Å². The molecular formula is C24H32ClN3O3. The maximum atomic E-state index is 10.4. The summed E-state index contributed by atoms with van der Waals surface area (Å²) in [4.78, 5) is 6.67. The van der Waals surface area contributed by atoms with Crippen LogP contribution in [0.3, 0.4) is 0 Å². The van der Waals surface area contributed by atoms with Crippen molar-refractivity contribution >= 4 is 17.3 Å². The fraction of sp³-hybridized carbons (Fsp3) is 0.375. The Morgan fingerprint density at radius 2 is 1.77 bits per heavy atom. The van der Waals surface area contributed by atoms with Crippen LogP contribution in [0.15, 0.2) is 64.8 Å². The van der Waals surface area contributed by atoms with Gasteiger partial charge in [-0.3, -0.25) is 9.89 Å². The van der Waals surface area contributed by atoms with Crippen LogP contribution < -0.4 is 15.2 Å². The summed E-state index contributed by atoms with van der Waals surface area (Å²) >= 11 is 6.22. The standard InChI is InChI=1S/C24H32ClN3O3/c1-17(26)21(18(2)27-13-19-9-5-6-10-22(19)25)15-28(3)14-20(29)16-31-24-12-8-7-11-23(24)30-4/h5-12,20,29H,13-16,26H2,1-4H3/b21-17-,27-18?. The first-order valence-electron chi connectivity index (χ1n) is 10.1. The number of halogens is 1. The van der Waals surface area contributed by atoms with Crippen molar-refractivity contribution < 1.29 is 14.6 Å². The van der Waals surface area contributed by atoms with Crippen LogP contribution in [0.25, 0.3) is 0 Å². The number of nitrogens with two attached hydrogens (primary N) is 1. The van der Waals surface area contributed by atoms with E-state index in [2.05, 4.69) is 4.99 Å². The Balaban J connectivity index is 1.92. The van der Waals surface area contributed by atoms with E-state index in [1.54, 1.807) is 7.11 Å². The monoisotopic (exact) mass is 445 g/mol. The third-order valence-corrected chi connectivity index (χ3v) is 5.18. The Labute approximate surface area is 189 Å². The van der Waals surface area contributed by atoms with Crippen LogP contribution in [0.4, 0.5) is 0 Å². The van der Waals surface area contributed by atoms with Gasteiger partial charge in [-0.2, -0.15) is 0 Å². The maximum absolute atomic E-state index is 10.4. The van der Waals surface area contributed by atoms with Gasteiger partial charge in [-0.15, -0.1) is 0 Å². The number of aliphatic imine (C=N–C) groups is 1. The van der Waals surface area contributed by atoms with Gasteiger partial charge < -0.3 is 20.3 Å². The van der Waals surface area contributed by atoms with Crippen LogP contribution in [0, 0.1) is 0 Å². The summed E-state index contributed by atoms with van der Waals surface area (Å²) in [5, 5.41) is 11.1. The Morgan fingerprint density at radius 3 is 2.42 bits per heavy atom. The molecule has 0 amide bonds. The second kappa shape index (κ2) is 12.3. The lowest BCUT2D eigenvalue weighted by atomic mass is 10.1. The van der Waals surface area contributed by atoms with Crippen molar-refractivity contribution in [2.45, 2.75) is 26.5 Å². The zero-order chi connectivity index (χ0) is 22.8. The van der Waals surface area contributed by atoms with Gasteiger partial charge in [-0.1, -0.05) is 41.9 Å². The molecule has 0 radical (unpaired) electrons. The Kier molecular flexibility index (Phi) is 9.85. The highest BCUT2D eigenvalue weighted by Crippen LogP contribution is 2.25. The number of methoxy groups -OCH3 is 1. The van der Waals surface area contributed by atoms with E-state index in [1.807, 2.05) is 74.3 Å². The number of hydrogen-bond donors (Lipinski definition) is 2. The van der Waals surface area contributed by atoms with Gasteiger partial charge in [0.15, 0.2) is 11.5 Å². The van der Waals surface area contributed by atoms with Crippen molar-refractivity contribution in [1.29, 1.82) is 0 Å². The number of rotatable bonds is 11. The van der Waals surface area contributed by atoms with Gasteiger partial charge in [0.05, 0.1) is 13.7 Å². The highest BCUT2D eigenvalue weighted by Gasteiger charge is 2.14. The lowest BCUT2D eigenvalue weighted by molar-refractivity contribution is 0.0779. The molecule has 0 spiro atoms. The van der Waals surface area contributed by atoms with Crippen molar-refractivity contribution in [2.75, 3.05) is 33.9 Å². The molecule has 0 bridgehead atoms. The maximum Gasteiger partial charge on any atom is 0.161 e. The van der Waals surface area contributed by atoms with Gasteiger partial charge in [0.1, 0.15) is 12.7 Å². The Bertz CT molecular complexity index is 910. The molecule has 3 N–H and O–H groups in total. The number of hydrogen-bond acceptors (Lipinski definition) is 6. The predicted molar refractivity (Wildman–Crippen MR) is 127 cm³/mol. The lowest BCUT2D eigenvalue weighted by Crippen LogP contribution is -2.35. The molecule has 1 atom stereocenters. The molecule has 0 aliphatic carbocycles. The van der Waals surface area contributed by atoms with Crippen molar-refractivity contribution in [3.63, 3.8) is 0 Å². The number of likely N-dealkylation sites (N-methyl/N-ethyl adjacent to an activating group) is 1. The van der Waals surface area contributed by atoms with E-state index in [-0.39, 0.29) is 6.61 Å². The summed E-state index contributed by atoms with van der Waals surface area (Å²) in [5.41, 5.74) is 9.59. The summed E-state index contributed by atoms with van der Waals surface area (Å²) in [6.07, 6.45) is -0.672. The molecular weight excluding hydrogens is 414 g/mol. The largest absolute Gasteiger partial charge is 0.493 e. The first-order valence-corrected chi connectivity index (χ1v) is 10.5. The molecule has 2 aromatic carbocycles. The fourth-order valence-corrected chi connectivity index (χ4v) is 3.32. The SMILES string of the molecule is COc1ccccc1OCC(O)CN(C)C/C(C(C)=NCc1ccccc1Cl)=C(\C)N. The molecule has 0 fully saturated rings. The number of para-hydroxylation sites is 2. The minimum atomic E-state index is -0.672. The molecule has 31 heavy (non-hydrogen) atoms. The first kappa shape index (κ1) is 24.7. The van der Waals surface area contributed by atoms with Gasteiger partial charge in [0.25, 0.3) is 0 Å². The normalized spacial score (nSPS) is 13.7. The third-order valence-electron chi connectivity index (χ3n) is 4.81. The molecule has 0 aliphatic heterocycles. The lowest BCUT2D eigenvalue weighted by Gasteiger charge is -2.23. The van der Waals surface area contributed by atoms with E-state index >= 15 is 0 Å². The predicted octanol–water partition coefficient (Wildman–Crippen LogP) is 3.91. The van der Waals surface area contributed by atoms with E-state index in [9.17, 15) is 5.11 Å². The third kappa shape index (κ3) is 7.90. The van der Waals surface area contributed by atoms with E-state index in [4.69, 9.17) is 26.8 Å². The molecule has 2 aromatic rings. The van der Waals surface area contributed by atoms with E-state index in [1.165, 1.54) is 0 Å². The molecule has 1 unspecified atom stereocenters. The average Bonchev–Trinajstić information content (AvgIpc) is 2.75.